The van der Waals surface area contributed by atoms with E-state index in [4.69, 9.17) is 0 Å². The lowest BCUT2D eigenvalue weighted by Gasteiger charge is -2.40. The maximum atomic E-state index is 10.2. The molecule has 2 nitrogen and oxygen atoms in total. The van der Waals surface area contributed by atoms with Gasteiger partial charge in [-0.3, -0.25) is 4.79 Å². The van der Waals surface area contributed by atoms with Crippen molar-refractivity contribution in [2.75, 3.05) is 0 Å². The van der Waals surface area contributed by atoms with Crippen LogP contribution in [0.1, 0.15) is 46.5 Å². The minimum Gasteiger partial charge on any atom is -0.386 e. The van der Waals surface area contributed by atoms with Crippen molar-refractivity contribution in [3.63, 3.8) is 0 Å². The molecule has 0 spiro atoms. The molecule has 0 aromatic heterocycles. The van der Waals surface area contributed by atoms with Crippen molar-refractivity contribution in [1.29, 1.82) is 0 Å². The molecule has 86 valence electrons. The summed E-state index contributed by atoms with van der Waals surface area (Å²) < 4.78 is 0. The molecule has 1 rings (SSSR count). The van der Waals surface area contributed by atoms with Gasteiger partial charge in [0.15, 0.2) is 0 Å². The van der Waals surface area contributed by atoms with Crippen molar-refractivity contribution in [2.45, 2.75) is 52.1 Å². The van der Waals surface area contributed by atoms with Gasteiger partial charge in [0, 0.05) is 0 Å². The number of allylic oxidation sites excluding steroid dienone is 1. The van der Waals surface area contributed by atoms with Crippen LogP contribution in [0.2, 0.25) is 0 Å². The molecule has 0 aliphatic heterocycles. The zero-order valence-electron chi connectivity index (χ0n) is 9.99. The van der Waals surface area contributed by atoms with Crippen LogP contribution in [-0.4, -0.2) is 17.0 Å². The molecule has 0 amide bonds. The van der Waals surface area contributed by atoms with E-state index in [0.717, 1.165) is 32.0 Å². The van der Waals surface area contributed by atoms with Gasteiger partial charge in [0.2, 0.25) is 0 Å². The first kappa shape index (κ1) is 12.4. The van der Waals surface area contributed by atoms with Crippen molar-refractivity contribution >= 4 is 6.29 Å². The van der Waals surface area contributed by atoms with Gasteiger partial charge in [0.1, 0.15) is 6.29 Å². The lowest BCUT2D eigenvalue weighted by Crippen LogP contribution is -2.35. The van der Waals surface area contributed by atoms with Crippen LogP contribution in [0.25, 0.3) is 0 Å². The Morgan fingerprint density at radius 1 is 1.27 bits per heavy atom. The summed E-state index contributed by atoms with van der Waals surface area (Å²) in [7, 11) is 0. The Bertz CT molecular complexity index is 240. The summed E-state index contributed by atoms with van der Waals surface area (Å²) in [6, 6.07) is 0. The first-order valence-electron chi connectivity index (χ1n) is 5.73. The van der Waals surface area contributed by atoms with Gasteiger partial charge in [-0.25, -0.2) is 0 Å². The highest BCUT2D eigenvalue weighted by Crippen LogP contribution is 2.41. The normalized spacial score (nSPS) is 33.2. The van der Waals surface area contributed by atoms with Crippen LogP contribution < -0.4 is 0 Å². The average molecular weight is 210 g/mol. The first-order valence-corrected chi connectivity index (χ1v) is 5.73. The molecule has 2 heteroatoms. The SMILES string of the molecule is CC(C)(C)C1CCC(O)(C=CC=O)CC1. The zero-order valence-corrected chi connectivity index (χ0v) is 9.99. The predicted molar refractivity (Wildman–Crippen MR) is 61.6 cm³/mol. The number of hydrogen-bond acceptors (Lipinski definition) is 2. The maximum Gasteiger partial charge on any atom is 0.142 e. The number of aldehydes is 1. The number of carbonyl (C=O) groups is 1. The van der Waals surface area contributed by atoms with E-state index in [-0.39, 0.29) is 0 Å². The van der Waals surface area contributed by atoms with Crippen LogP contribution in [0.4, 0.5) is 0 Å². The lowest BCUT2D eigenvalue weighted by molar-refractivity contribution is -0.104. The van der Waals surface area contributed by atoms with Crippen molar-refractivity contribution in [2.24, 2.45) is 11.3 Å². The third-order valence-electron chi connectivity index (χ3n) is 3.56. The summed E-state index contributed by atoms with van der Waals surface area (Å²) in [5.74, 6) is 0.683. The number of aliphatic hydroxyl groups is 1. The van der Waals surface area contributed by atoms with Crippen LogP contribution in [-0.2, 0) is 4.79 Å². The van der Waals surface area contributed by atoms with E-state index in [1.54, 1.807) is 6.08 Å². The minimum absolute atomic E-state index is 0.329. The fourth-order valence-corrected chi connectivity index (χ4v) is 2.37. The molecule has 15 heavy (non-hydrogen) atoms. The Hall–Kier alpha value is -0.630. The van der Waals surface area contributed by atoms with E-state index < -0.39 is 5.60 Å². The molecule has 0 aromatic carbocycles. The van der Waals surface area contributed by atoms with Crippen molar-refractivity contribution in [3.8, 4) is 0 Å². The van der Waals surface area contributed by atoms with Crippen LogP contribution >= 0.6 is 0 Å². The topological polar surface area (TPSA) is 37.3 Å². The van der Waals surface area contributed by atoms with Crippen LogP contribution in [0.15, 0.2) is 12.2 Å². The molecule has 0 atom stereocenters. The van der Waals surface area contributed by atoms with E-state index in [9.17, 15) is 9.90 Å². The molecule has 0 saturated heterocycles. The van der Waals surface area contributed by atoms with E-state index >= 15 is 0 Å². The van der Waals surface area contributed by atoms with Gasteiger partial charge in [-0.2, -0.15) is 0 Å². The quantitative estimate of drug-likeness (QED) is 0.562. The number of hydrogen-bond donors (Lipinski definition) is 1. The van der Waals surface area contributed by atoms with Gasteiger partial charge < -0.3 is 5.11 Å². The van der Waals surface area contributed by atoms with Gasteiger partial charge in [-0.15, -0.1) is 0 Å². The number of carbonyl (C=O) groups excluding carboxylic acids is 1. The van der Waals surface area contributed by atoms with Crippen LogP contribution in [0, 0.1) is 11.3 Å². The Morgan fingerprint density at radius 2 is 1.80 bits per heavy atom. The molecular formula is C13H22O2. The molecule has 0 aromatic rings. The molecule has 0 bridgehead atoms. The van der Waals surface area contributed by atoms with Crippen molar-refractivity contribution in [3.05, 3.63) is 12.2 Å². The highest BCUT2D eigenvalue weighted by molar-refractivity contribution is 5.65. The monoisotopic (exact) mass is 210 g/mol. The highest BCUT2D eigenvalue weighted by Gasteiger charge is 2.35. The fraction of sp³-hybridized carbons (Fsp3) is 0.769. The molecule has 0 heterocycles. The molecule has 1 fully saturated rings. The van der Waals surface area contributed by atoms with E-state index in [1.165, 1.54) is 6.08 Å². The maximum absolute atomic E-state index is 10.2. The first-order chi connectivity index (χ1) is 6.87. The molecule has 1 aliphatic carbocycles. The molecule has 0 unspecified atom stereocenters. The lowest BCUT2D eigenvalue weighted by atomic mass is 9.68. The summed E-state index contributed by atoms with van der Waals surface area (Å²) in [6.45, 7) is 6.76. The second-order valence-electron chi connectivity index (χ2n) is 5.74. The van der Waals surface area contributed by atoms with Crippen LogP contribution in [0.5, 0.6) is 0 Å². The summed E-state index contributed by atoms with van der Waals surface area (Å²) in [5.41, 5.74) is -0.404. The van der Waals surface area contributed by atoms with Gasteiger partial charge >= 0.3 is 0 Å². The molecular weight excluding hydrogens is 188 g/mol. The molecule has 1 N–H and O–H groups in total. The Kier molecular flexibility index (Phi) is 3.72. The van der Waals surface area contributed by atoms with E-state index in [0.29, 0.717) is 11.3 Å². The Morgan fingerprint density at radius 3 is 2.20 bits per heavy atom. The highest BCUT2D eigenvalue weighted by atomic mass is 16.3. The Balaban J connectivity index is 2.55. The van der Waals surface area contributed by atoms with E-state index in [1.807, 2.05) is 0 Å². The minimum atomic E-state index is -0.733. The summed E-state index contributed by atoms with van der Waals surface area (Å²) >= 11 is 0. The predicted octanol–water partition coefficient (Wildman–Crippen LogP) is 2.71. The molecule has 0 radical (unpaired) electrons. The van der Waals surface area contributed by atoms with Crippen molar-refractivity contribution < 1.29 is 9.90 Å². The summed E-state index contributed by atoms with van der Waals surface area (Å²) in [6.07, 6.45) is 7.44. The summed E-state index contributed by atoms with van der Waals surface area (Å²) in [5, 5.41) is 10.1. The third-order valence-corrected chi connectivity index (χ3v) is 3.56. The van der Waals surface area contributed by atoms with Gasteiger partial charge in [-0.05, 0) is 49.2 Å². The average Bonchev–Trinajstić information content (AvgIpc) is 2.14. The van der Waals surface area contributed by atoms with Crippen LogP contribution in [0.3, 0.4) is 0 Å². The standard InChI is InChI=1S/C13H22O2/c1-12(2,3)11-5-8-13(15,9-6-11)7-4-10-14/h4,7,10-11,15H,5-6,8-9H2,1-3H3. The molecule has 1 saturated carbocycles. The second-order valence-corrected chi connectivity index (χ2v) is 5.74. The zero-order chi connectivity index (χ0) is 11.5. The molecule has 1 aliphatic rings. The van der Waals surface area contributed by atoms with Gasteiger partial charge in [-0.1, -0.05) is 20.8 Å². The Labute approximate surface area is 92.4 Å². The van der Waals surface area contributed by atoms with Crippen molar-refractivity contribution in [1.82, 2.24) is 0 Å². The third kappa shape index (κ3) is 3.45. The van der Waals surface area contributed by atoms with Gasteiger partial charge in [0.25, 0.3) is 0 Å². The number of rotatable bonds is 2. The summed E-state index contributed by atoms with van der Waals surface area (Å²) in [4.78, 5) is 10.2. The second kappa shape index (κ2) is 4.48. The van der Waals surface area contributed by atoms with Gasteiger partial charge in [0.05, 0.1) is 5.60 Å². The largest absolute Gasteiger partial charge is 0.386 e. The fourth-order valence-electron chi connectivity index (χ4n) is 2.37. The smallest absolute Gasteiger partial charge is 0.142 e. The van der Waals surface area contributed by atoms with E-state index in [2.05, 4.69) is 20.8 Å².